The Hall–Kier alpha value is -1.55. The molecule has 74 valence electrons. The SMILES string of the molecule is C/C=N/NC(=O)c1cc(Cl)ccc1O. The van der Waals surface area contributed by atoms with E-state index < -0.39 is 5.91 Å². The van der Waals surface area contributed by atoms with Crippen molar-refractivity contribution in [3.05, 3.63) is 28.8 Å². The Morgan fingerprint density at radius 3 is 3.00 bits per heavy atom. The van der Waals surface area contributed by atoms with E-state index in [9.17, 15) is 9.90 Å². The van der Waals surface area contributed by atoms with Gasteiger partial charge in [-0.05, 0) is 25.1 Å². The monoisotopic (exact) mass is 212 g/mol. The van der Waals surface area contributed by atoms with Gasteiger partial charge in [-0.25, -0.2) is 5.43 Å². The Labute approximate surface area is 86.2 Å². The van der Waals surface area contributed by atoms with Crippen molar-refractivity contribution in [3.8, 4) is 5.75 Å². The molecule has 0 atom stereocenters. The zero-order valence-electron chi connectivity index (χ0n) is 7.49. The number of nitrogens with zero attached hydrogens (tertiary/aromatic N) is 1. The number of amides is 1. The van der Waals surface area contributed by atoms with Crippen LogP contribution in [0.3, 0.4) is 0 Å². The van der Waals surface area contributed by atoms with Gasteiger partial charge in [0.2, 0.25) is 0 Å². The molecule has 5 heteroatoms. The number of phenolic OH excluding ortho intramolecular Hbond substituents is 1. The smallest absolute Gasteiger partial charge is 0.275 e. The summed E-state index contributed by atoms with van der Waals surface area (Å²) in [5.74, 6) is -0.624. The number of phenols is 1. The second-order valence-electron chi connectivity index (χ2n) is 2.49. The number of hydrazone groups is 1. The van der Waals surface area contributed by atoms with Gasteiger partial charge in [0.25, 0.3) is 5.91 Å². The lowest BCUT2D eigenvalue weighted by Crippen LogP contribution is -2.17. The maximum Gasteiger partial charge on any atom is 0.275 e. The first-order chi connectivity index (χ1) is 6.65. The molecule has 4 nitrogen and oxygen atoms in total. The highest BCUT2D eigenvalue weighted by Crippen LogP contribution is 2.20. The van der Waals surface area contributed by atoms with Crippen molar-refractivity contribution in [2.45, 2.75) is 6.92 Å². The fourth-order valence-corrected chi connectivity index (χ4v) is 1.05. The van der Waals surface area contributed by atoms with Crippen molar-refractivity contribution >= 4 is 23.7 Å². The van der Waals surface area contributed by atoms with E-state index >= 15 is 0 Å². The normalized spacial score (nSPS) is 10.4. The first-order valence-corrected chi connectivity index (χ1v) is 4.29. The Morgan fingerprint density at radius 2 is 2.36 bits per heavy atom. The lowest BCUT2D eigenvalue weighted by Gasteiger charge is -2.02. The van der Waals surface area contributed by atoms with Gasteiger partial charge < -0.3 is 5.11 Å². The lowest BCUT2D eigenvalue weighted by atomic mass is 10.2. The molecule has 0 spiro atoms. The number of carbonyl (C=O) groups is 1. The predicted octanol–water partition coefficient (Wildman–Crippen LogP) is 1.78. The molecule has 0 aliphatic rings. The van der Waals surface area contributed by atoms with Crippen LogP contribution in [0.2, 0.25) is 5.02 Å². The average Bonchev–Trinajstić information content (AvgIpc) is 2.18. The summed E-state index contributed by atoms with van der Waals surface area (Å²) in [4.78, 5) is 11.3. The molecule has 0 bridgehead atoms. The van der Waals surface area contributed by atoms with E-state index in [1.165, 1.54) is 24.4 Å². The summed E-state index contributed by atoms with van der Waals surface area (Å²) in [7, 11) is 0. The minimum absolute atomic E-state index is 0.100. The molecule has 0 saturated carbocycles. The van der Waals surface area contributed by atoms with Gasteiger partial charge >= 0.3 is 0 Å². The molecule has 0 saturated heterocycles. The quantitative estimate of drug-likeness (QED) is 0.580. The molecule has 0 aliphatic carbocycles. The van der Waals surface area contributed by atoms with Gasteiger partial charge in [0.05, 0.1) is 5.56 Å². The maximum atomic E-state index is 11.3. The zero-order valence-corrected chi connectivity index (χ0v) is 8.25. The number of rotatable bonds is 2. The van der Waals surface area contributed by atoms with Crippen LogP contribution < -0.4 is 5.43 Å². The van der Waals surface area contributed by atoms with Gasteiger partial charge in [0.15, 0.2) is 0 Å². The largest absolute Gasteiger partial charge is 0.507 e. The zero-order chi connectivity index (χ0) is 10.6. The Kier molecular flexibility index (Phi) is 3.48. The van der Waals surface area contributed by atoms with E-state index in [0.29, 0.717) is 5.02 Å². The number of hydrogen-bond acceptors (Lipinski definition) is 3. The number of hydrogen-bond donors (Lipinski definition) is 2. The van der Waals surface area contributed by atoms with Crippen LogP contribution >= 0.6 is 11.6 Å². The second-order valence-corrected chi connectivity index (χ2v) is 2.93. The summed E-state index contributed by atoms with van der Waals surface area (Å²) in [5.41, 5.74) is 2.33. The number of nitrogens with one attached hydrogen (secondary N) is 1. The van der Waals surface area contributed by atoms with Gasteiger partial charge in [0, 0.05) is 11.2 Å². The highest BCUT2D eigenvalue weighted by molar-refractivity contribution is 6.31. The van der Waals surface area contributed by atoms with Crippen molar-refractivity contribution < 1.29 is 9.90 Å². The number of halogens is 1. The first-order valence-electron chi connectivity index (χ1n) is 3.91. The summed E-state index contributed by atoms with van der Waals surface area (Å²) in [6.07, 6.45) is 1.43. The van der Waals surface area contributed by atoms with Crippen LogP contribution in [0.1, 0.15) is 17.3 Å². The minimum atomic E-state index is -0.497. The molecule has 0 aliphatic heterocycles. The van der Waals surface area contributed by atoms with E-state index in [4.69, 9.17) is 11.6 Å². The molecule has 0 heterocycles. The fourth-order valence-electron chi connectivity index (χ4n) is 0.874. The van der Waals surface area contributed by atoms with Crippen molar-refractivity contribution in [1.29, 1.82) is 0 Å². The second kappa shape index (κ2) is 4.62. The maximum absolute atomic E-state index is 11.3. The van der Waals surface area contributed by atoms with Crippen LogP contribution in [-0.2, 0) is 0 Å². The molecule has 14 heavy (non-hydrogen) atoms. The Morgan fingerprint density at radius 1 is 1.64 bits per heavy atom. The van der Waals surface area contributed by atoms with Crippen LogP contribution in [-0.4, -0.2) is 17.2 Å². The van der Waals surface area contributed by atoms with Crippen molar-refractivity contribution in [1.82, 2.24) is 5.43 Å². The van der Waals surface area contributed by atoms with E-state index in [0.717, 1.165) is 0 Å². The molecule has 0 radical (unpaired) electrons. The molecule has 1 rings (SSSR count). The van der Waals surface area contributed by atoms with Crippen LogP contribution in [0.15, 0.2) is 23.3 Å². The van der Waals surface area contributed by atoms with Crippen LogP contribution in [0, 0.1) is 0 Å². The number of aromatic hydroxyl groups is 1. The molecule has 0 fully saturated rings. The first kappa shape index (κ1) is 10.5. The third kappa shape index (κ3) is 2.47. The Bertz CT molecular complexity index is 377. The topological polar surface area (TPSA) is 61.7 Å². The van der Waals surface area contributed by atoms with Crippen molar-refractivity contribution in [2.75, 3.05) is 0 Å². The summed E-state index contributed by atoms with van der Waals surface area (Å²) in [6, 6.07) is 4.22. The molecule has 0 unspecified atom stereocenters. The van der Waals surface area contributed by atoms with E-state index in [-0.39, 0.29) is 11.3 Å². The molecule has 2 N–H and O–H groups in total. The molecular weight excluding hydrogens is 204 g/mol. The minimum Gasteiger partial charge on any atom is -0.507 e. The van der Waals surface area contributed by atoms with Gasteiger partial charge in [-0.2, -0.15) is 5.10 Å². The third-order valence-corrected chi connectivity index (χ3v) is 1.73. The van der Waals surface area contributed by atoms with Gasteiger partial charge in [-0.3, -0.25) is 4.79 Å². The van der Waals surface area contributed by atoms with E-state index in [1.807, 2.05) is 0 Å². The molecule has 1 amide bonds. The van der Waals surface area contributed by atoms with Crippen LogP contribution in [0.5, 0.6) is 5.75 Å². The van der Waals surface area contributed by atoms with E-state index in [2.05, 4.69) is 10.5 Å². The van der Waals surface area contributed by atoms with E-state index in [1.54, 1.807) is 6.92 Å². The average molecular weight is 213 g/mol. The van der Waals surface area contributed by atoms with Gasteiger partial charge in [0.1, 0.15) is 5.75 Å². The van der Waals surface area contributed by atoms with Crippen molar-refractivity contribution in [3.63, 3.8) is 0 Å². The fraction of sp³-hybridized carbons (Fsp3) is 0.111. The lowest BCUT2D eigenvalue weighted by molar-refractivity contribution is 0.0952. The highest BCUT2D eigenvalue weighted by Gasteiger charge is 2.10. The van der Waals surface area contributed by atoms with Crippen molar-refractivity contribution in [2.24, 2.45) is 5.10 Å². The molecule has 1 aromatic rings. The summed E-state index contributed by atoms with van der Waals surface area (Å²) in [6.45, 7) is 1.66. The molecule has 0 aromatic heterocycles. The summed E-state index contributed by atoms with van der Waals surface area (Å²) < 4.78 is 0. The predicted molar refractivity (Wildman–Crippen MR) is 54.7 cm³/mol. The third-order valence-electron chi connectivity index (χ3n) is 1.50. The highest BCUT2D eigenvalue weighted by atomic mass is 35.5. The van der Waals surface area contributed by atoms with Crippen LogP contribution in [0.25, 0.3) is 0 Å². The van der Waals surface area contributed by atoms with Gasteiger partial charge in [-0.1, -0.05) is 11.6 Å². The molecule has 1 aromatic carbocycles. The summed E-state index contributed by atoms with van der Waals surface area (Å²) >= 11 is 5.67. The van der Waals surface area contributed by atoms with Crippen LogP contribution in [0.4, 0.5) is 0 Å². The number of carbonyl (C=O) groups excluding carboxylic acids is 1. The molecular formula is C9H9ClN2O2. The van der Waals surface area contributed by atoms with Gasteiger partial charge in [-0.15, -0.1) is 0 Å². The number of benzene rings is 1. The summed E-state index contributed by atoms with van der Waals surface area (Å²) in [5, 5.41) is 13.3. The standard InChI is InChI=1S/C9H9ClN2O2/c1-2-11-12-9(14)7-5-6(10)3-4-8(7)13/h2-5,13H,1H3,(H,12,14)/b11-2+. The Balaban J connectivity index is 2.94.